The van der Waals surface area contributed by atoms with Gasteiger partial charge < -0.3 is 19.5 Å². The molecule has 0 bridgehead atoms. The molecule has 3 fully saturated rings. The molecule has 3 aliphatic rings. The van der Waals surface area contributed by atoms with Gasteiger partial charge in [-0.15, -0.1) is 0 Å². The van der Waals surface area contributed by atoms with Crippen LogP contribution in [0.1, 0.15) is 12.8 Å². The van der Waals surface area contributed by atoms with Crippen molar-refractivity contribution in [1.29, 1.82) is 0 Å². The van der Waals surface area contributed by atoms with Crippen molar-refractivity contribution in [2.45, 2.75) is 12.8 Å². The summed E-state index contributed by atoms with van der Waals surface area (Å²) in [5.41, 5.74) is 0.959. The predicted molar refractivity (Wildman–Crippen MR) is 97.3 cm³/mol. The summed E-state index contributed by atoms with van der Waals surface area (Å²) in [6, 6.07) is 2.00. The zero-order valence-corrected chi connectivity index (χ0v) is 15.1. The van der Waals surface area contributed by atoms with Gasteiger partial charge in [-0.3, -0.25) is 9.69 Å². The van der Waals surface area contributed by atoms with Gasteiger partial charge in [0.05, 0.1) is 11.9 Å². The fourth-order valence-corrected chi connectivity index (χ4v) is 4.09. The number of carbonyl (C=O) groups is 2. The first kappa shape index (κ1) is 16.3. The van der Waals surface area contributed by atoms with Gasteiger partial charge in [0, 0.05) is 37.8 Å². The minimum Gasteiger partial charge on any atom is -0.448 e. The molecule has 2 amide bonds. The van der Waals surface area contributed by atoms with Crippen molar-refractivity contribution in [2.24, 2.45) is 5.41 Å². The Balaban J connectivity index is 1.35. The van der Waals surface area contributed by atoms with Gasteiger partial charge in [0.1, 0.15) is 30.9 Å². The third-order valence-electron chi connectivity index (χ3n) is 5.81. The number of hydrogen-bond donors (Lipinski definition) is 1. The zero-order chi connectivity index (χ0) is 18.4. The maximum Gasteiger partial charge on any atom is 0.410 e. The highest BCUT2D eigenvalue weighted by molar-refractivity contribution is 5.87. The molecule has 0 radical (unpaired) electrons. The van der Waals surface area contributed by atoms with Gasteiger partial charge in [0.2, 0.25) is 5.91 Å². The first-order chi connectivity index (χ1) is 13.1. The van der Waals surface area contributed by atoms with Crippen LogP contribution in [-0.4, -0.2) is 82.6 Å². The number of nitrogens with zero attached hydrogens (tertiary/aromatic N) is 5. The monoisotopic (exact) mass is 370 g/mol. The quantitative estimate of drug-likeness (QED) is 0.860. The highest BCUT2D eigenvalue weighted by Crippen LogP contribution is 2.48. The number of ether oxygens (including phenoxy) is 1. The summed E-state index contributed by atoms with van der Waals surface area (Å²) in [7, 11) is 0. The summed E-state index contributed by atoms with van der Waals surface area (Å²) < 4.78 is 4.93. The van der Waals surface area contributed by atoms with E-state index in [1.54, 1.807) is 6.33 Å². The van der Waals surface area contributed by atoms with Gasteiger partial charge in [-0.1, -0.05) is 0 Å². The molecule has 1 spiro atoms. The van der Waals surface area contributed by atoms with Crippen LogP contribution in [0.5, 0.6) is 0 Å². The lowest BCUT2D eigenvalue weighted by Crippen LogP contribution is -2.43. The molecule has 2 aromatic heterocycles. The number of H-pyrrole nitrogens is 1. The second kappa shape index (κ2) is 6.11. The molecule has 9 nitrogen and oxygen atoms in total. The standard InChI is InChI=1S/C18H22N6O3/c25-14(9-22-7-8-27-17(22)26)23-5-6-24(11-18(10-23)2-3-18)16-13-1-4-19-15(13)20-12-21-16/h1,4,12H,2-3,5-11H2,(H,19,20,21). The van der Waals surface area contributed by atoms with Crippen LogP contribution in [0.2, 0.25) is 0 Å². The van der Waals surface area contributed by atoms with E-state index in [0.29, 0.717) is 19.7 Å². The Hall–Kier alpha value is -2.84. The highest BCUT2D eigenvalue weighted by atomic mass is 16.6. The Morgan fingerprint density at radius 1 is 1.22 bits per heavy atom. The average molecular weight is 370 g/mol. The van der Waals surface area contributed by atoms with Crippen LogP contribution in [0.3, 0.4) is 0 Å². The van der Waals surface area contributed by atoms with E-state index in [1.807, 2.05) is 17.2 Å². The molecule has 4 heterocycles. The summed E-state index contributed by atoms with van der Waals surface area (Å²) in [6.07, 6.45) is 5.29. The van der Waals surface area contributed by atoms with Gasteiger partial charge in [0.25, 0.3) is 0 Å². The largest absolute Gasteiger partial charge is 0.448 e. The molecule has 2 aromatic rings. The third-order valence-corrected chi connectivity index (χ3v) is 5.81. The second-order valence-corrected chi connectivity index (χ2v) is 7.71. The molecule has 2 aliphatic heterocycles. The molecular formula is C18H22N6O3. The Bertz CT molecular complexity index is 892. The summed E-state index contributed by atoms with van der Waals surface area (Å²) in [6.45, 7) is 3.93. The molecule has 0 atom stereocenters. The number of amides is 2. The molecule has 1 N–H and O–H groups in total. The number of nitrogens with one attached hydrogen (secondary N) is 1. The van der Waals surface area contributed by atoms with Crippen molar-refractivity contribution in [3.63, 3.8) is 0 Å². The van der Waals surface area contributed by atoms with Crippen LogP contribution < -0.4 is 4.90 Å². The van der Waals surface area contributed by atoms with Crippen molar-refractivity contribution in [2.75, 3.05) is 50.8 Å². The topological polar surface area (TPSA) is 94.7 Å². The molecule has 0 unspecified atom stereocenters. The number of rotatable bonds is 3. The number of anilines is 1. The molecule has 27 heavy (non-hydrogen) atoms. The summed E-state index contributed by atoms with van der Waals surface area (Å²) in [5.74, 6) is 0.918. The number of cyclic esters (lactones) is 1. The zero-order valence-electron chi connectivity index (χ0n) is 15.1. The lowest BCUT2D eigenvalue weighted by Gasteiger charge is -2.25. The normalized spacial score (nSPS) is 21.6. The maximum atomic E-state index is 12.8. The molecule has 142 valence electrons. The Kier molecular flexibility index (Phi) is 3.70. The number of carbonyl (C=O) groups excluding carboxylic acids is 2. The number of fused-ring (bicyclic) bond motifs is 1. The van der Waals surface area contributed by atoms with Gasteiger partial charge in [-0.2, -0.15) is 0 Å². The first-order valence-electron chi connectivity index (χ1n) is 9.36. The fourth-order valence-electron chi connectivity index (χ4n) is 4.09. The summed E-state index contributed by atoms with van der Waals surface area (Å²) >= 11 is 0. The minimum absolute atomic E-state index is 0.00328. The summed E-state index contributed by atoms with van der Waals surface area (Å²) in [4.78, 5) is 42.1. The second-order valence-electron chi connectivity index (χ2n) is 7.71. The summed E-state index contributed by atoms with van der Waals surface area (Å²) in [5, 5.41) is 1.01. The highest BCUT2D eigenvalue weighted by Gasteiger charge is 2.48. The lowest BCUT2D eigenvalue weighted by molar-refractivity contribution is -0.132. The molecule has 9 heteroatoms. The third kappa shape index (κ3) is 2.96. The van der Waals surface area contributed by atoms with Crippen molar-refractivity contribution in [3.05, 3.63) is 18.6 Å². The van der Waals surface area contributed by atoms with E-state index >= 15 is 0 Å². The van der Waals surface area contributed by atoms with E-state index in [4.69, 9.17) is 4.74 Å². The van der Waals surface area contributed by atoms with E-state index in [0.717, 1.165) is 49.3 Å². The number of hydrogen-bond acceptors (Lipinski definition) is 6. The van der Waals surface area contributed by atoms with Gasteiger partial charge in [0.15, 0.2) is 0 Å². The Morgan fingerprint density at radius 3 is 2.89 bits per heavy atom. The van der Waals surface area contributed by atoms with E-state index in [1.165, 1.54) is 4.90 Å². The minimum atomic E-state index is -0.392. The van der Waals surface area contributed by atoms with Gasteiger partial charge in [-0.05, 0) is 18.9 Å². The van der Waals surface area contributed by atoms with Crippen molar-refractivity contribution in [1.82, 2.24) is 24.8 Å². The first-order valence-corrected chi connectivity index (χ1v) is 9.36. The van der Waals surface area contributed by atoms with Crippen LogP contribution in [0.25, 0.3) is 11.0 Å². The van der Waals surface area contributed by atoms with Crippen LogP contribution in [0.4, 0.5) is 10.6 Å². The van der Waals surface area contributed by atoms with Crippen LogP contribution in [0.15, 0.2) is 18.6 Å². The molecule has 1 aliphatic carbocycles. The van der Waals surface area contributed by atoms with E-state index in [-0.39, 0.29) is 17.9 Å². The van der Waals surface area contributed by atoms with Crippen LogP contribution in [0, 0.1) is 5.41 Å². The average Bonchev–Trinajstić information content (AvgIpc) is 3.11. The number of aromatic amines is 1. The van der Waals surface area contributed by atoms with E-state index in [2.05, 4.69) is 19.9 Å². The van der Waals surface area contributed by atoms with Crippen molar-refractivity contribution >= 4 is 28.9 Å². The lowest BCUT2D eigenvalue weighted by atomic mass is 10.1. The number of aromatic nitrogens is 3. The van der Waals surface area contributed by atoms with Gasteiger partial charge >= 0.3 is 6.09 Å². The predicted octanol–water partition coefficient (Wildman–Crippen LogP) is 0.839. The SMILES string of the molecule is O=C(CN1CCOC1=O)N1CCN(c2ncnc3[nH]ccc23)CC2(CC2)C1. The van der Waals surface area contributed by atoms with Crippen molar-refractivity contribution in [3.8, 4) is 0 Å². The Labute approximate surface area is 156 Å². The van der Waals surface area contributed by atoms with E-state index in [9.17, 15) is 9.59 Å². The van der Waals surface area contributed by atoms with Crippen molar-refractivity contribution < 1.29 is 14.3 Å². The van der Waals surface area contributed by atoms with Gasteiger partial charge in [-0.25, -0.2) is 14.8 Å². The molecular weight excluding hydrogens is 348 g/mol. The molecule has 1 saturated carbocycles. The van der Waals surface area contributed by atoms with Crippen LogP contribution in [-0.2, 0) is 9.53 Å². The smallest absolute Gasteiger partial charge is 0.410 e. The molecule has 2 saturated heterocycles. The van der Waals surface area contributed by atoms with Crippen LogP contribution >= 0.6 is 0 Å². The molecule has 0 aromatic carbocycles. The fraction of sp³-hybridized carbons (Fsp3) is 0.556. The van der Waals surface area contributed by atoms with E-state index < -0.39 is 6.09 Å². The molecule has 5 rings (SSSR count). The Morgan fingerprint density at radius 2 is 2.11 bits per heavy atom. The maximum absolute atomic E-state index is 12.8.